The molecule has 0 aromatic heterocycles. The van der Waals surface area contributed by atoms with Crippen LogP contribution in [0, 0.1) is 10.5 Å². The van der Waals surface area contributed by atoms with E-state index in [1.807, 2.05) is 18.2 Å². The largest absolute Gasteiger partial charge is 0.508 e. The van der Waals surface area contributed by atoms with Gasteiger partial charge in [-0.1, -0.05) is 18.2 Å². The first-order valence-electron chi connectivity index (χ1n) is 5.44. The molecule has 0 spiro atoms. The summed E-state index contributed by atoms with van der Waals surface area (Å²) in [4.78, 5) is 0. The standard InChI is InChI=1S/C14H14INO/c1-10-13(15)3-2-4-14(10)16-9-11-5-7-12(17)8-6-11/h2-8,16-17H,9H2,1H3. The average Bonchev–Trinajstić information content (AvgIpc) is 2.33. The molecule has 0 bridgehead atoms. The molecule has 0 fully saturated rings. The Morgan fingerprint density at radius 3 is 2.53 bits per heavy atom. The van der Waals surface area contributed by atoms with Gasteiger partial charge in [0.25, 0.3) is 0 Å². The van der Waals surface area contributed by atoms with Crippen molar-refractivity contribution in [2.45, 2.75) is 13.5 Å². The van der Waals surface area contributed by atoms with Crippen molar-refractivity contribution in [1.29, 1.82) is 0 Å². The van der Waals surface area contributed by atoms with E-state index in [0.717, 1.165) is 17.8 Å². The highest BCUT2D eigenvalue weighted by molar-refractivity contribution is 14.1. The lowest BCUT2D eigenvalue weighted by atomic mass is 10.2. The molecular weight excluding hydrogens is 325 g/mol. The summed E-state index contributed by atoms with van der Waals surface area (Å²) in [6, 6.07) is 13.5. The van der Waals surface area contributed by atoms with Crippen LogP contribution in [0.15, 0.2) is 42.5 Å². The Kier molecular flexibility index (Phi) is 3.89. The molecule has 0 unspecified atom stereocenters. The minimum absolute atomic E-state index is 0.305. The van der Waals surface area contributed by atoms with E-state index in [1.165, 1.54) is 9.13 Å². The maximum atomic E-state index is 9.20. The van der Waals surface area contributed by atoms with E-state index < -0.39 is 0 Å². The zero-order valence-corrected chi connectivity index (χ0v) is 11.7. The smallest absolute Gasteiger partial charge is 0.115 e. The van der Waals surface area contributed by atoms with E-state index in [2.05, 4.69) is 47.0 Å². The quantitative estimate of drug-likeness (QED) is 0.831. The molecule has 0 aliphatic rings. The molecule has 3 heteroatoms. The van der Waals surface area contributed by atoms with E-state index in [1.54, 1.807) is 12.1 Å². The fraction of sp³-hybridized carbons (Fsp3) is 0.143. The number of phenolic OH excluding ortho intramolecular Hbond substituents is 1. The summed E-state index contributed by atoms with van der Waals surface area (Å²) < 4.78 is 1.26. The molecule has 0 atom stereocenters. The average molecular weight is 339 g/mol. The van der Waals surface area contributed by atoms with Crippen LogP contribution in [0.1, 0.15) is 11.1 Å². The van der Waals surface area contributed by atoms with Gasteiger partial charge in [-0.25, -0.2) is 0 Å². The molecule has 2 aromatic carbocycles. The predicted octanol–water partition coefficient (Wildman–Crippen LogP) is 3.92. The first-order chi connectivity index (χ1) is 8.16. The van der Waals surface area contributed by atoms with Gasteiger partial charge in [-0.2, -0.15) is 0 Å². The van der Waals surface area contributed by atoms with Crippen molar-refractivity contribution in [2.24, 2.45) is 0 Å². The Morgan fingerprint density at radius 1 is 1.12 bits per heavy atom. The molecular formula is C14H14INO. The van der Waals surface area contributed by atoms with Crippen molar-refractivity contribution in [2.75, 3.05) is 5.32 Å². The summed E-state index contributed by atoms with van der Waals surface area (Å²) >= 11 is 2.34. The number of aromatic hydroxyl groups is 1. The van der Waals surface area contributed by atoms with Crippen molar-refractivity contribution in [3.63, 3.8) is 0 Å². The molecule has 0 heterocycles. The molecule has 0 saturated carbocycles. The number of phenols is 1. The van der Waals surface area contributed by atoms with Crippen LogP contribution in [0.2, 0.25) is 0 Å². The Labute approximate surface area is 115 Å². The Bertz CT molecular complexity index is 508. The minimum Gasteiger partial charge on any atom is -0.508 e. The lowest BCUT2D eigenvalue weighted by Crippen LogP contribution is -2.01. The maximum Gasteiger partial charge on any atom is 0.115 e. The first-order valence-corrected chi connectivity index (χ1v) is 6.51. The number of halogens is 1. The lowest BCUT2D eigenvalue weighted by molar-refractivity contribution is 0.475. The predicted molar refractivity (Wildman–Crippen MR) is 79.3 cm³/mol. The van der Waals surface area contributed by atoms with E-state index in [4.69, 9.17) is 0 Å². The van der Waals surface area contributed by atoms with Crippen LogP contribution in [0.25, 0.3) is 0 Å². The number of benzene rings is 2. The van der Waals surface area contributed by atoms with Gasteiger partial charge in [-0.3, -0.25) is 0 Å². The maximum absolute atomic E-state index is 9.20. The monoisotopic (exact) mass is 339 g/mol. The second kappa shape index (κ2) is 5.40. The molecule has 2 N–H and O–H groups in total. The van der Waals surface area contributed by atoms with E-state index in [0.29, 0.717) is 5.75 Å². The van der Waals surface area contributed by atoms with Crippen LogP contribution < -0.4 is 5.32 Å². The third-order valence-corrected chi connectivity index (χ3v) is 3.86. The van der Waals surface area contributed by atoms with Crippen LogP contribution in [0.5, 0.6) is 5.75 Å². The topological polar surface area (TPSA) is 32.3 Å². The van der Waals surface area contributed by atoms with Crippen molar-refractivity contribution >= 4 is 28.3 Å². The van der Waals surface area contributed by atoms with Gasteiger partial charge in [0.15, 0.2) is 0 Å². The van der Waals surface area contributed by atoms with Crippen molar-refractivity contribution in [3.05, 3.63) is 57.2 Å². The molecule has 2 aromatic rings. The number of rotatable bonds is 3. The van der Waals surface area contributed by atoms with E-state index in [-0.39, 0.29) is 0 Å². The highest BCUT2D eigenvalue weighted by Gasteiger charge is 2.01. The van der Waals surface area contributed by atoms with Crippen LogP contribution in [0.4, 0.5) is 5.69 Å². The molecule has 0 aliphatic heterocycles. The van der Waals surface area contributed by atoms with E-state index in [9.17, 15) is 5.11 Å². The van der Waals surface area contributed by atoms with Gasteiger partial charge in [-0.05, 0) is 64.9 Å². The van der Waals surface area contributed by atoms with Gasteiger partial charge in [-0.15, -0.1) is 0 Å². The molecule has 0 radical (unpaired) electrons. The highest BCUT2D eigenvalue weighted by atomic mass is 127. The Balaban J connectivity index is 2.07. The van der Waals surface area contributed by atoms with Gasteiger partial charge >= 0.3 is 0 Å². The summed E-state index contributed by atoms with van der Waals surface area (Å²) in [6.45, 7) is 2.88. The summed E-state index contributed by atoms with van der Waals surface area (Å²) in [5.41, 5.74) is 3.58. The van der Waals surface area contributed by atoms with Gasteiger partial charge in [0.1, 0.15) is 5.75 Å². The Hall–Kier alpha value is -1.23. The summed E-state index contributed by atoms with van der Waals surface area (Å²) in [5, 5.41) is 12.6. The van der Waals surface area contributed by atoms with Crippen molar-refractivity contribution in [1.82, 2.24) is 0 Å². The fourth-order valence-electron chi connectivity index (χ4n) is 1.61. The second-order valence-electron chi connectivity index (χ2n) is 3.93. The van der Waals surface area contributed by atoms with Crippen LogP contribution in [0.3, 0.4) is 0 Å². The zero-order valence-electron chi connectivity index (χ0n) is 9.57. The van der Waals surface area contributed by atoms with Gasteiger partial charge < -0.3 is 10.4 Å². The number of hydrogen-bond acceptors (Lipinski definition) is 2. The normalized spacial score (nSPS) is 10.2. The number of anilines is 1. The number of hydrogen-bond donors (Lipinski definition) is 2. The number of nitrogens with one attached hydrogen (secondary N) is 1. The van der Waals surface area contributed by atoms with E-state index >= 15 is 0 Å². The fourth-order valence-corrected chi connectivity index (χ4v) is 2.11. The van der Waals surface area contributed by atoms with Crippen LogP contribution in [-0.2, 0) is 6.54 Å². The van der Waals surface area contributed by atoms with Gasteiger partial charge in [0, 0.05) is 15.8 Å². The summed E-state index contributed by atoms with van der Waals surface area (Å²) in [6.07, 6.45) is 0. The summed E-state index contributed by atoms with van der Waals surface area (Å²) in [7, 11) is 0. The summed E-state index contributed by atoms with van der Waals surface area (Å²) in [5.74, 6) is 0.305. The van der Waals surface area contributed by atoms with Crippen LogP contribution in [-0.4, -0.2) is 5.11 Å². The molecule has 2 nitrogen and oxygen atoms in total. The molecule has 2 rings (SSSR count). The highest BCUT2D eigenvalue weighted by Crippen LogP contribution is 2.21. The first kappa shape index (κ1) is 12.2. The van der Waals surface area contributed by atoms with Gasteiger partial charge in [0.2, 0.25) is 0 Å². The third kappa shape index (κ3) is 3.12. The molecule has 0 amide bonds. The van der Waals surface area contributed by atoms with Crippen LogP contribution >= 0.6 is 22.6 Å². The second-order valence-corrected chi connectivity index (χ2v) is 5.09. The minimum atomic E-state index is 0.305. The Morgan fingerprint density at radius 2 is 1.82 bits per heavy atom. The van der Waals surface area contributed by atoms with Gasteiger partial charge in [0.05, 0.1) is 0 Å². The third-order valence-electron chi connectivity index (χ3n) is 2.69. The molecule has 0 aliphatic carbocycles. The molecule has 17 heavy (non-hydrogen) atoms. The SMILES string of the molecule is Cc1c(I)cccc1NCc1ccc(O)cc1. The zero-order chi connectivity index (χ0) is 12.3. The lowest BCUT2D eigenvalue weighted by Gasteiger charge is -2.10. The molecule has 0 saturated heterocycles. The van der Waals surface area contributed by atoms with Crippen molar-refractivity contribution in [3.8, 4) is 5.75 Å². The van der Waals surface area contributed by atoms with Crippen molar-refractivity contribution < 1.29 is 5.11 Å². The molecule has 88 valence electrons.